The van der Waals surface area contributed by atoms with Crippen LogP contribution in [0.15, 0.2) is 0 Å². The van der Waals surface area contributed by atoms with Crippen LogP contribution in [0.3, 0.4) is 0 Å². The van der Waals surface area contributed by atoms with Gasteiger partial charge in [-0.2, -0.15) is 0 Å². The number of nitrogens with zero attached hydrogens (tertiary/aromatic N) is 1. The van der Waals surface area contributed by atoms with E-state index in [4.69, 9.17) is 5.11 Å². The first-order valence-corrected chi connectivity index (χ1v) is 7.53. The van der Waals surface area contributed by atoms with E-state index in [0.717, 1.165) is 0 Å². The zero-order chi connectivity index (χ0) is 13.6. The zero-order valence-corrected chi connectivity index (χ0v) is 11.6. The molecule has 0 bridgehead atoms. The van der Waals surface area contributed by atoms with Gasteiger partial charge in [0, 0.05) is 25.4 Å². The second kappa shape index (κ2) is 6.93. The lowest BCUT2D eigenvalue weighted by atomic mass is 10.2. The molecular formula is C10H22N2O4S. The largest absolute Gasteiger partial charge is 0.480 e. The third-order valence-corrected chi connectivity index (χ3v) is 3.09. The van der Waals surface area contributed by atoms with E-state index in [1.165, 1.54) is 6.26 Å². The summed E-state index contributed by atoms with van der Waals surface area (Å²) in [5, 5.41) is 11.9. The van der Waals surface area contributed by atoms with Crippen LogP contribution < -0.4 is 5.32 Å². The van der Waals surface area contributed by atoms with Crippen molar-refractivity contribution < 1.29 is 18.3 Å². The van der Waals surface area contributed by atoms with E-state index < -0.39 is 21.8 Å². The van der Waals surface area contributed by atoms with Crippen LogP contribution in [0.4, 0.5) is 0 Å². The van der Waals surface area contributed by atoms with Crippen molar-refractivity contribution in [1.29, 1.82) is 0 Å². The summed E-state index contributed by atoms with van der Waals surface area (Å²) < 4.78 is 21.9. The molecule has 2 N–H and O–H groups in total. The first-order valence-electron chi connectivity index (χ1n) is 5.47. The number of sulfone groups is 1. The number of likely N-dealkylation sites (N-methyl/N-ethyl adjacent to an activating group) is 1. The lowest BCUT2D eigenvalue weighted by Gasteiger charge is -2.23. The van der Waals surface area contributed by atoms with Crippen molar-refractivity contribution >= 4 is 15.8 Å². The molecule has 0 saturated heterocycles. The summed E-state index contributed by atoms with van der Waals surface area (Å²) in [5.74, 6) is -0.887. The van der Waals surface area contributed by atoms with E-state index in [1.54, 1.807) is 11.9 Å². The van der Waals surface area contributed by atoms with Gasteiger partial charge in [0.2, 0.25) is 0 Å². The topological polar surface area (TPSA) is 86.7 Å². The maximum Gasteiger partial charge on any atom is 0.322 e. The quantitative estimate of drug-likeness (QED) is 0.611. The Labute approximate surface area is 103 Å². The monoisotopic (exact) mass is 266 g/mol. The Morgan fingerprint density at radius 3 is 2.29 bits per heavy atom. The highest BCUT2D eigenvalue weighted by Gasteiger charge is 2.20. The molecule has 0 radical (unpaired) electrons. The van der Waals surface area contributed by atoms with Crippen molar-refractivity contribution in [3.63, 3.8) is 0 Å². The molecule has 0 amide bonds. The fraction of sp³-hybridized carbons (Fsp3) is 0.900. The summed E-state index contributed by atoms with van der Waals surface area (Å²) in [7, 11) is -1.30. The normalized spacial score (nSPS) is 14.2. The van der Waals surface area contributed by atoms with E-state index in [2.05, 4.69) is 5.32 Å². The predicted molar refractivity (Wildman–Crippen MR) is 66.9 cm³/mol. The molecule has 17 heavy (non-hydrogen) atoms. The molecule has 102 valence electrons. The molecule has 0 saturated carbocycles. The number of nitrogens with one attached hydrogen (secondary N) is 1. The average molecular weight is 266 g/mol. The van der Waals surface area contributed by atoms with Crippen LogP contribution >= 0.6 is 0 Å². The van der Waals surface area contributed by atoms with Crippen LogP contribution in [0.25, 0.3) is 0 Å². The van der Waals surface area contributed by atoms with E-state index in [1.807, 2.05) is 13.8 Å². The average Bonchev–Trinajstić information content (AvgIpc) is 2.11. The van der Waals surface area contributed by atoms with Crippen molar-refractivity contribution in [1.82, 2.24) is 10.2 Å². The lowest BCUT2D eigenvalue weighted by molar-refractivity contribution is -0.140. The summed E-state index contributed by atoms with van der Waals surface area (Å²) in [4.78, 5) is 12.7. The molecule has 0 spiro atoms. The van der Waals surface area contributed by atoms with Gasteiger partial charge in [0.1, 0.15) is 15.9 Å². The maximum atomic E-state index is 11.0. The van der Waals surface area contributed by atoms with Crippen molar-refractivity contribution in [2.45, 2.75) is 25.9 Å². The Morgan fingerprint density at radius 1 is 1.41 bits per heavy atom. The second-order valence-electron chi connectivity index (χ2n) is 4.60. The molecule has 0 aromatic rings. The molecule has 0 aliphatic heterocycles. The van der Waals surface area contributed by atoms with Crippen molar-refractivity contribution in [3.05, 3.63) is 0 Å². The summed E-state index contributed by atoms with van der Waals surface area (Å²) >= 11 is 0. The Balaban J connectivity index is 4.22. The highest BCUT2D eigenvalue weighted by Crippen LogP contribution is 1.94. The maximum absolute atomic E-state index is 11.0. The Kier molecular flexibility index (Phi) is 6.66. The number of carboxylic acids is 1. The van der Waals surface area contributed by atoms with Gasteiger partial charge in [-0.15, -0.1) is 0 Å². The third kappa shape index (κ3) is 9.08. The number of aliphatic carboxylic acids is 1. The zero-order valence-electron chi connectivity index (χ0n) is 10.8. The number of rotatable bonds is 8. The Bertz CT molecular complexity index is 340. The highest BCUT2D eigenvalue weighted by molar-refractivity contribution is 7.90. The molecule has 0 aliphatic rings. The van der Waals surface area contributed by atoms with Gasteiger partial charge < -0.3 is 15.3 Å². The van der Waals surface area contributed by atoms with Crippen LogP contribution in [0.1, 0.15) is 13.8 Å². The van der Waals surface area contributed by atoms with Crippen molar-refractivity contribution in [2.75, 3.05) is 32.1 Å². The van der Waals surface area contributed by atoms with E-state index in [-0.39, 0.29) is 18.3 Å². The van der Waals surface area contributed by atoms with Crippen molar-refractivity contribution in [3.8, 4) is 0 Å². The summed E-state index contributed by atoms with van der Waals surface area (Å²) in [6, 6.07) is -0.612. The van der Waals surface area contributed by atoms with Gasteiger partial charge in [0.25, 0.3) is 0 Å². The first kappa shape index (κ1) is 16.3. The summed E-state index contributed by atoms with van der Waals surface area (Å²) in [6.07, 6.45) is 1.17. The second-order valence-corrected chi connectivity index (χ2v) is 6.86. The molecule has 0 aliphatic carbocycles. The lowest BCUT2D eigenvalue weighted by Crippen LogP contribution is -2.48. The standard InChI is InChI=1S/C10H22N2O4S/c1-8(2)11-9(10(13)14)7-12(3)5-6-17(4,15)16/h8-9,11H,5-7H2,1-4H3,(H,13,14). The third-order valence-electron chi connectivity index (χ3n) is 2.17. The van der Waals surface area contributed by atoms with Gasteiger partial charge >= 0.3 is 5.97 Å². The van der Waals surface area contributed by atoms with Crippen LogP contribution in [0.5, 0.6) is 0 Å². The van der Waals surface area contributed by atoms with Crippen molar-refractivity contribution in [2.24, 2.45) is 0 Å². The molecule has 1 unspecified atom stereocenters. The summed E-state index contributed by atoms with van der Waals surface area (Å²) in [5.41, 5.74) is 0. The smallest absolute Gasteiger partial charge is 0.322 e. The molecule has 0 fully saturated rings. The summed E-state index contributed by atoms with van der Waals surface area (Å²) in [6.45, 7) is 4.35. The van der Waals surface area contributed by atoms with Gasteiger partial charge in [0.05, 0.1) is 5.75 Å². The van der Waals surface area contributed by atoms with E-state index in [0.29, 0.717) is 6.54 Å². The van der Waals surface area contributed by atoms with Gasteiger partial charge in [0.15, 0.2) is 0 Å². The van der Waals surface area contributed by atoms with E-state index >= 15 is 0 Å². The molecule has 0 aromatic heterocycles. The predicted octanol–water partition coefficient (Wildman–Crippen LogP) is -0.586. The van der Waals surface area contributed by atoms with Crippen LogP contribution in [-0.4, -0.2) is 68.6 Å². The first-order chi connectivity index (χ1) is 7.61. The van der Waals surface area contributed by atoms with Gasteiger partial charge in [-0.05, 0) is 7.05 Å². The Hall–Kier alpha value is -0.660. The number of carbonyl (C=O) groups is 1. The van der Waals surface area contributed by atoms with Crippen LogP contribution in [0, 0.1) is 0 Å². The molecular weight excluding hydrogens is 244 g/mol. The molecule has 7 heteroatoms. The molecule has 0 rings (SSSR count). The SMILES string of the molecule is CC(C)NC(CN(C)CCS(C)(=O)=O)C(=O)O. The Morgan fingerprint density at radius 2 is 1.94 bits per heavy atom. The molecule has 1 atom stereocenters. The van der Waals surface area contributed by atoms with Gasteiger partial charge in [-0.25, -0.2) is 8.42 Å². The minimum atomic E-state index is -3.01. The molecule has 0 aromatic carbocycles. The molecule has 6 nitrogen and oxygen atoms in total. The fourth-order valence-electron chi connectivity index (χ4n) is 1.33. The fourth-order valence-corrected chi connectivity index (χ4v) is 1.97. The van der Waals surface area contributed by atoms with E-state index in [9.17, 15) is 13.2 Å². The van der Waals surface area contributed by atoms with Crippen LogP contribution in [-0.2, 0) is 14.6 Å². The minimum Gasteiger partial charge on any atom is -0.480 e. The van der Waals surface area contributed by atoms with Gasteiger partial charge in [-0.3, -0.25) is 4.79 Å². The van der Waals surface area contributed by atoms with Gasteiger partial charge in [-0.1, -0.05) is 13.8 Å². The number of hydrogen-bond donors (Lipinski definition) is 2. The number of hydrogen-bond acceptors (Lipinski definition) is 5. The number of carboxylic acid groups (broad SMARTS) is 1. The minimum absolute atomic E-state index is 0.0392. The highest BCUT2D eigenvalue weighted by atomic mass is 32.2. The molecule has 0 heterocycles. The van der Waals surface area contributed by atoms with Crippen LogP contribution in [0.2, 0.25) is 0 Å².